The van der Waals surface area contributed by atoms with E-state index in [0.717, 1.165) is 43.5 Å². The monoisotopic (exact) mass is 544 g/mol. The number of benzene rings is 1. The molecule has 1 N–H and O–H groups in total. The first-order chi connectivity index (χ1) is 18.3. The summed E-state index contributed by atoms with van der Waals surface area (Å²) in [6.07, 6.45) is 5.42. The van der Waals surface area contributed by atoms with E-state index in [0.29, 0.717) is 57.8 Å². The molecule has 5 rings (SSSR count). The molecule has 0 saturated carbocycles. The molecule has 10 nitrogen and oxygen atoms in total. The van der Waals surface area contributed by atoms with Gasteiger partial charge in [-0.25, -0.2) is 13.2 Å². The Labute approximate surface area is 223 Å². The van der Waals surface area contributed by atoms with E-state index < -0.39 is 16.0 Å². The first-order valence-electron chi connectivity index (χ1n) is 13.5. The van der Waals surface area contributed by atoms with Crippen LogP contribution < -0.4 is 5.32 Å². The quantitative estimate of drug-likeness (QED) is 0.401. The van der Waals surface area contributed by atoms with Crippen LogP contribution in [-0.4, -0.2) is 73.8 Å². The van der Waals surface area contributed by atoms with Crippen molar-refractivity contribution in [3.05, 3.63) is 46.8 Å². The molecule has 0 bridgehead atoms. The molecule has 2 fully saturated rings. The zero-order valence-corrected chi connectivity index (χ0v) is 22.7. The molecule has 11 heteroatoms. The zero-order chi connectivity index (χ0) is 26.8. The molecule has 1 amide bonds. The minimum atomic E-state index is -3.61. The minimum Gasteiger partial charge on any atom is -0.462 e. The number of aryl methyl sites for hydroxylation is 2. The average molecular weight is 545 g/mol. The van der Waals surface area contributed by atoms with Crippen LogP contribution in [-0.2, 0) is 38.9 Å². The summed E-state index contributed by atoms with van der Waals surface area (Å²) in [5.74, 6) is -0.626. The number of amides is 1. The second-order valence-electron chi connectivity index (χ2n) is 10.4. The molecule has 0 atom stereocenters. The Morgan fingerprint density at radius 2 is 1.97 bits per heavy atom. The molecule has 0 aliphatic carbocycles. The Kier molecular flexibility index (Phi) is 7.88. The number of ether oxygens (including phenoxy) is 2. The largest absolute Gasteiger partial charge is 0.462 e. The van der Waals surface area contributed by atoms with Gasteiger partial charge in [-0.15, -0.1) is 0 Å². The number of fused-ring (bicyclic) bond motifs is 1. The highest BCUT2D eigenvalue weighted by molar-refractivity contribution is 7.89. The van der Waals surface area contributed by atoms with E-state index in [1.165, 1.54) is 16.4 Å². The van der Waals surface area contributed by atoms with Gasteiger partial charge >= 0.3 is 5.97 Å². The maximum Gasteiger partial charge on any atom is 0.338 e. The molecule has 1 spiro atoms. The van der Waals surface area contributed by atoms with Gasteiger partial charge in [0.2, 0.25) is 10.0 Å². The number of rotatable bonds is 8. The van der Waals surface area contributed by atoms with Crippen LogP contribution in [0.5, 0.6) is 0 Å². The normalized spacial score (nSPS) is 19.7. The Balaban J connectivity index is 1.24. The maximum absolute atomic E-state index is 13.0. The third kappa shape index (κ3) is 5.37. The van der Waals surface area contributed by atoms with Crippen LogP contribution in [0.2, 0.25) is 0 Å². The van der Waals surface area contributed by atoms with Gasteiger partial charge in [-0.3, -0.25) is 9.48 Å². The lowest BCUT2D eigenvalue weighted by atomic mass is 9.76. The number of carbonyl (C=O) groups is 2. The van der Waals surface area contributed by atoms with Crippen LogP contribution >= 0.6 is 0 Å². The number of esters is 1. The highest BCUT2D eigenvalue weighted by Crippen LogP contribution is 2.37. The predicted octanol–water partition coefficient (Wildman–Crippen LogP) is 2.56. The minimum absolute atomic E-state index is 0.0329. The van der Waals surface area contributed by atoms with E-state index in [1.54, 1.807) is 12.1 Å². The molecule has 0 unspecified atom stereocenters. The smallest absolute Gasteiger partial charge is 0.338 e. The molecule has 1 aromatic heterocycles. The molecule has 0 radical (unpaired) electrons. The predicted molar refractivity (Wildman–Crippen MR) is 139 cm³/mol. The lowest BCUT2D eigenvalue weighted by molar-refractivity contribution is 0.0152. The van der Waals surface area contributed by atoms with Gasteiger partial charge in [0.15, 0.2) is 0 Å². The first-order valence-corrected chi connectivity index (χ1v) is 15.0. The van der Waals surface area contributed by atoms with Gasteiger partial charge in [-0.05, 0) is 62.1 Å². The van der Waals surface area contributed by atoms with Gasteiger partial charge < -0.3 is 14.8 Å². The van der Waals surface area contributed by atoms with Crippen LogP contribution in [0.1, 0.15) is 71.1 Å². The highest BCUT2D eigenvalue weighted by atomic mass is 32.2. The second-order valence-corrected chi connectivity index (χ2v) is 12.4. The average Bonchev–Trinajstić information content (AvgIpc) is 3.57. The van der Waals surface area contributed by atoms with Crippen LogP contribution in [0.25, 0.3) is 0 Å². The van der Waals surface area contributed by atoms with E-state index in [4.69, 9.17) is 14.6 Å². The van der Waals surface area contributed by atoms with Crippen LogP contribution in [0.3, 0.4) is 0 Å². The van der Waals surface area contributed by atoms with Gasteiger partial charge in [0.1, 0.15) is 0 Å². The number of hydrogen-bond donors (Lipinski definition) is 1. The Morgan fingerprint density at radius 3 is 2.71 bits per heavy atom. The van der Waals surface area contributed by atoms with E-state index in [2.05, 4.69) is 5.32 Å². The van der Waals surface area contributed by atoms with E-state index >= 15 is 0 Å². The van der Waals surface area contributed by atoms with Gasteiger partial charge in [0.05, 0.1) is 34.0 Å². The molecule has 3 aliphatic rings. The van der Waals surface area contributed by atoms with Crippen molar-refractivity contribution in [2.24, 2.45) is 5.41 Å². The standard InChI is InChI=1S/C27H36N4O6S/c1-2-22-24-23(18-27(19-28-25(24)32)9-15-36-16-10-27)31(29-22)13-6-14-37-26(33)20-7-5-8-21(17-20)38(34,35)30-11-3-4-12-30/h5,7-8,17H,2-4,6,9-16,18-19H2,1H3,(H,28,32). The van der Waals surface area contributed by atoms with Crippen molar-refractivity contribution in [2.75, 3.05) is 39.5 Å². The van der Waals surface area contributed by atoms with Crippen molar-refractivity contribution in [1.29, 1.82) is 0 Å². The number of carbonyl (C=O) groups excluding carboxylic acids is 2. The van der Waals surface area contributed by atoms with Crippen LogP contribution in [0.4, 0.5) is 0 Å². The van der Waals surface area contributed by atoms with Crippen LogP contribution in [0.15, 0.2) is 29.2 Å². The number of sulfonamides is 1. The number of aromatic nitrogens is 2. The number of nitrogens with zero attached hydrogens (tertiary/aromatic N) is 3. The fraction of sp³-hybridized carbons (Fsp3) is 0.593. The summed E-state index contributed by atoms with van der Waals surface area (Å²) in [5.41, 5.74) is 2.60. The van der Waals surface area contributed by atoms with Crippen LogP contribution in [0, 0.1) is 5.41 Å². The topological polar surface area (TPSA) is 120 Å². The molecular weight excluding hydrogens is 508 g/mol. The van der Waals surface area contributed by atoms with Crippen molar-refractivity contribution in [1.82, 2.24) is 19.4 Å². The summed E-state index contributed by atoms with van der Waals surface area (Å²) in [6.45, 7) is 5.69. The van der Waals surface area contributed by atoms with Crippen molar-refractivity contribution in [3.8, 4) is 0 Å². The summed E-state index contributed by atoms with van der Waals surface area (Å²) in [5, 5.41) is 7.86. The molecule has 4 heterocycles. The van der Waals surface area contributed by atoms with Crippen molar-refractivity contribution in [2.45, 2.75) is 63.3 Å². The maximum atomic E-state index is 13.0. The Bertz CT molecular complexity index is 1290. The lowest BCUT2D eigenvalue weighted by Gasteiger charge is -2.36. The molecule has 38 heavy (non-hydrogen) atoms. The third-order valence-electron chi connectivity index (χ3n) is 7.93. The first kappa shape index (κ1) is 26.8. The van der Waals surface area contributed by atoms with Crippen molar-refractivity contribution < 1.29 is 27.5 Å². The summed E-state index contributed by atoms with van der Waals surface area (Å²) in [6, 6.07) is 6.05. The van der Waals surface area contributed by atoms with E-state index in [9.17, 15) is 18.0 Å². The summed E-state index contributed by atoms with van der Waals surface area (Å²) >= 11 is 0. The number of hydrogen-bond acceptors (Lipinski definition) is 7. The van der Waals surface area contributed by atoms with Gasteiger partial charge in [-0.2, -0.15) is 9.40 Å². The third-order valence-corrected chi connectivity index (χ3v) is 9.83. The SMILES string of the molecule is CCc1nn(CCCOC(=O)c2cccc(S(=O)(=O)N3CCCC3)c2)c2c1C(=O)NCC1(CCOCC1)C2. The molecule has 3 aliphatic heterocycles. The molecule has 206 valence electrons. The molecular formula is C27H36N4O6S. The highest BCUT2D eigenvalue weighted by Gasteiger charge is 2.39. The van der Waals surface area contributed by atoms with Gasteiger partial charge in [0.25, 0.3) is 5.91 Å². The summed E-state index contributed by atoms with van der Waals surface area (Å²) < 4.78 is 40.2. The lowest BCUT2D eigenvalue weighted by Crippen LogP contribution is -2.40. The van der Waals surface area contributed by atoms with Gasteiger partial charge in [0, 0.05) is 45.8 Å². The summed E-state index contributed by atoms with van der Waals surface area (Å²) in [7, 11) is -3.61. The Hall–Kier alpha value is -2.76. The molecule has 2 aromatic rings. The Morgan fingerprint density at radius 1 is 1.21 bits per heavy atom. The summed E-state index contributed by atoms with van der Waals surface area (Å²) in [4.78, 5) is 25.8. The van der Waals surface area contributed by atoms with E-state index in [-0.39, 0.29) is 28.4 Å². The van der Waals surface area contributed by atoms with Crippen molar-refractivity contribution >= 4 is 21.9 Å². The van der Waals surface area contributed by atoms with E-state index in [1.807, 2.05) is 11.6 Å². The second kappa shape index (κ2) is 11.2. The number of nitrogens with one attached hydrogen (secondary N) is 1. The zero-order valence-electron chi connectivity index (χ0n) is 21.9. The fourth-order valence-electron chi connectivity index (χ4n) is 5.68. The molecule has 2 saturated heterocycles. The molecule has 1 aromatic carbocycles. The van der Waals surface area contributed by atoms with Gasteiger partial charge in [-0.1, -0.05) is 13.0 Å². The van der Waals surface area contributed by atoms with Crippen molar-refractivity contribution in [3.63, 3.8) is 0 Å². The fourth-order valence-corrected chi connectivity index (χ4v) is 7.24.